The summed E-state index contributed by atoms with van der Waals surface area (Å²) in [5.41, 5.74) is 0.921. The van der Waals surface area contributed by atoms with E-state index in [-0.39, 0.29) is 0 Å². The van der Waals surface area contributed by atoms with E-state index in [0.717, 1.165) is 10.9 Å². The van der Waals surface area contributed by atoms with Gasteiger partial charge in [0.05, 0.1) is 6.07 Å². The fourth-order valence-corrected chi connectivity index (χ4v) is 2.51. The Morgan fingerprint density at radius 3 is 2.92 bits per heavy atom. The molecule has 0 amide bonds. The van der Waals surface area contributed by atoms with Crippen molar-refractivity contribution in [3.63, 3.8) is 0 Å². The van der Waals surface area contributed by atoms with E-state index < -0.39 is 5.38 Å². The topological polar surface area (TPSA) is 23.8 Å². The van der Waals surface area contributed by atoms with E-state index in [4.69, 9.17) is 16.9 Å². The van der Waals surface area contributed by atoms with Crippen LogP contribution in [0.5, 0.6) is 0 Å². The van der Waals surface area contributed by atoms with Gasteiger partial charge in [0.25, 0.3) is 0 Å². The fraction of sp³-hybridized carbons (Fsp3) is 0.100. The third-order valence-electron chi connectivity index (χ3n) is 1.90. The van der Waals surface area contributed by atoms with Crippen LogP contribution in [0.15, 0.2) is 29.6 Å². The Bertz CT molecular complexity index is 469. The largest absolute Gasteiger partial charge is 0.196 e. The van der Waals surface area contributed by atoms with Crippen LogP contribution >= 0.6 is 22.9 Å². The molecule has 13 heavy (non-hydrogen) atoms. The first-order valence-electron chi connectivity index (χ1n) is 3.83. The smallest absolute Gasteiger partial charge is 0.146 e. The van der Waals surface area contributed by atoms with E-state index in [1.807, 2.05) is 35.7 Å². The zero-order chi connectivity index (χ0) is 9.26. The molecule has 0 saturated heterocycles. The Balaban J connectivity index is 2.66. The van der Waals surface area contributed by atoms with Crippen LogP contribution in [0, 0.1) is 11.3 Å². The van der Waals surface area contributed by atoms with Crippen molar-refractivity contribution in [2.45, 2.75) is 5.38 Å². The Kier molecular flexibility index (Phi) is 2.22. The molecule has 1 atom stereocenters. The number of hydrogen-bond donors (Lipinski definition) is 0. The molecule has 1 nitrogen and oxygen atoms in total. The minimum absolute atomic E-state index is 0.531. The molecule has 0 bridgehead atoms. The predicted octanol–water partition coefficient (Wildman–Crippen LogP) is 3.70. The lowest BCUT2D eigenvalue weighted by Gasteiger charge is -1.96. The van der Waals surface area contributed by atoms with Crippen LogP contribution in [-0.4, -0.2) is 0 Å². The lowest BCUT2D eigenvalue weighted by atomic mass is 10.1. The molecule has 1 heterocycles. The second-order valence-electron chi connectivity index (χ2n) is 2.68. The van der Waals surface area contributed by atoms with E-state index in [9.17, 15) is 0 Å². The molecule has 0 radical (unpaired) electrons. The molecule has 2 rings (SSSR count). The summed E-state index contributed by atoms with van der Waals surface area (Å²) in [5, 5.41) is 11.2. The highest BCUT2D eigenvalue weighted by Gasteiger charge is 2.11. The minimum atomic E-state index is -0.531. The van der Waals surface area contributed by atoms with Gasteiger partial charge in [-0.2, -0.15) is 5.26 Å². The molecule has 0 N–H and O–H groups in total. The van der Waals surface area contributed by atoms with E-state index in [2.05, 4.69) is 0 Å². The van der Waals surface area contributed by atoms with Crippen molar-refractivity contribution in [1.82, 2.24) is 0 Å². The minimum Gasteiger partial charge on any atom is -0.196 e. The highest BCUT2D eigenvalue weighted by Crippen LogP contribution is 2.32. The summed E-state index contributed by atoms with van der Waals surface area (Å²) in [5.74, 6) is 0. The lowest BCUT2D eigenvalue weighted by Crippen LogP contribution is -1.82. The van der Waals surface area contributed by atoms with Crippen LogP contribution in [0.2, 0.25) is 0 Å². The second-order valence-corrected chi connectivity index (χ2v) is 4.03. The molecule has 0 saturated carbocycles. The molecule has 0 aliphatic heterocycles. The van der Waals surface area contributed by atoms with Crippen molar-refractivity contribution in [2.75, 3.05) is 0 Å². The maximum absolute atomic E-state index is 8.69. The van der Waals surface area contributed by atoms with Crippen LogP contribution in [0.1, 0.15) is 10.9 Å². The number of hydrogen-bond acceptors (Lipinski definition) is 2. The van der Waals surface area contributed by atoms with Gasteiger partial charge in [0.15, 0.2) is 0 Å². The van der Waals surface area contributed by atoms with Gasteiger partial charge in [0.1, 0.15) is 5.38 Å². The van der Waals surface area contributed by atoms with Gasteiger partial charge in [-0.1, -0.05) is 18.2 Å². The third kappa shape index (κ3) is 1.41. The lowest BCUT2D eigenvalue weighted by molar-refractivity contribution is 1.25. The molecule has 1 unspecified atom stereocenters. The standard InChI is InChI=1S/C10H6ClNS/c11-9(5-12)8-6-13-10-4-2-1-3-7(8)10/h1-4,6,9H. The van der Waals surface area contributed by atoms with Gasteiger partial charge in [0, 0.05) is 10.3 Å². The fourth-order valence-electron chi connectivity index (χ4n) is 1.26. The first kappa shape index (κ1) is 8.55. The zero-order valence-electron chi connectivity index (χ0n) is 6.70. The predicted molar refractivity (Wildman–Crippen MR) is 56.0 cm³/mol. The molecule has 0 aliphatic carbocycles. The maximum Gasteiger partial charge on any atom is 0.146 e. The van der Waals surface area contributed by atoms with Gasteiger partial charge in [0.2, 0.25) is 0 Å². The van der Waals surface area contributed by atoms with E-state index in [1.165, 1.54) is 4.70 Å². The van der Waals surface area contributed by atoms with Crippen LogP contribution < -0.4 is 0 Å². The third-order valence-corrected chi connectivity index (χ3v) is 3.21. The number of fused-ring (bicyclic) bond motifs is 1. The Morgan fingerprint density at radius 1 is 1.38 bits per heavy atom. The van der Waals surface area contributed by atoms with Crippen LogP contribution in [0.3, 0.4) is 0 Å². The molecule has 3 heteroatoms. The first-order chi connectivity index (χ1) is 6.33. The summed E-state index contributed by atoms with van der Waals surface area (Å²) >= 11 is 7.48. The summed E-state index contributed by atoms with van der Waals surface area (Å²) in [6, 6.07) is 10.00. The van der Waals surface area contributed by atoms with Gasteiger partial charge in [-0.05, 0) is 16.8 Å². The highest BCUT2D eigenvalue weighted by atomic mass is 35.5. The molecule has 0 spiro atoms. The zero-order valence-corrected chi connectivity index (χ0v) is 8.27. The number of benzene rings is 1. The molecule has 1 aromatic heterocycles. The average Bonchev–Trinajstić information content (AvgIpc) is 2.60. The maximum atomic E-state index is 8.69. The summed E-state index contributed by atoms with van der Waals surface area (Å²) in [6.45, 7) is 0. The van der Waals surface area contributed by atoms with Crippen molar-refractivity contribution in [3.8, 4) is 6.07 Å². The van der Waals surface area contributed by atoms with E-state index >= 15 is 0 Å². The van der Waals surface area contributed by atoms with Crippen LogP contribution in [0.25, 0.3) is 10.1 Å². The molecular weight excluding hydrogens is 202 g/mol. The Morgan fingerprint density at radius 2 is 2.15 bits per heavy atom. The summed E-state index contributed by atoms with van der Waals surface area (Å²) in [7, 11) is 0. The number of alkyl halides is 1. The molecule has 0 aliphatic rings. The Labute approximate surface area is 85.2 Å². The highest BCUT2D eigenvalue weighted by molar-refractivity contribution is 7.17. The molecule has 1 aromatic carbocycles. The first-order valence-corrected chi connectivity index (χ1v) is 5.14. The summed E-state index contributed by atoms with van der Waals surface area (Å²) in [6.07, 6.45) is 0. The van der Waals surface area contributed by atoms with Gasteiger partial charge in [-0.3, -0.25) is 0 Å². The number of rotatable bonds is 1. The monoisotopic (exact) mass is 207 g/mol. The van der Waals surface area contributed by atoms with Gasteiger partial charge in [-0.25, -0.2) is 0 Å². The quantitative estimate of drug-likeness (QED) is 0.654. The van der Waals surface area contributed by atoms with Crippen molar-refractivity contribution in [2.24, 2.45) is 0 Å². The van der Waals surface area contributed by atoms with Gasteiger partial charge in [-0.15, -0.1) is 22.9 Å². The average molecular weight is 208 g/mol. The van der Waals surface area contributed by atoms with Crippen molar-refractivity contribution < 1.29 is 0 Å². The molecule has 2 aromatic rings. The van der Waals surface area contributed by atoms with Gasteiger partial charge >= 0.3 is 0 Å². The number of thiophene rings is 1. The van der Waals surface area contributed by atoms with Crippen LogP contribution in [-0.2, 0) is 0 Å². The number of nitriles is 1. The number of nitrogens with zero attached hydrogens (tertiary/aromatic N) is 1. The summed E-state index contributed by atoms with van der Waals surface area (Å²) in [4.78, 5) is 0. The van der Waals surface area contributed by atoms with Crippen molar-refractivity contribution >= 4 is 33.0 Å². The molecule has 0 fully saturated rings. The second kappa shape index (κ2) is 3.37. The van der Waals surface area contributed by atoms with Crippen LogP contribution in [0.4, 0.5) is 0 Å². The van der Waals surface area contributed by atoms with E-state index in [0.29, 0.717) is 0 Å². The normalized spacial score (nSPS) is 12.6. The molecular formula is C10H6ClNS. The molecule has 64 valence electrons. The SMILES string of the molecule is N#CC(Cl)c1csc2ccccc12. The number of halogens is 1. The Hall–Kier alpha value is -1.04. The van der Waals surface area contributed by atoms with Crippen molar-refractivity contribution in [3.05, 3.63) is 35.2 Å². The van der Waals surface area contributed by atoms with Crippen molar-refractivity contribution in [1.29, 1.82) is 5.26 Å². The summed E-state index contributed by atoms with van der Waals surface area (Å²) < 4.78 is 1.18. The van der Waals surface area contributed by atoms with E-state index in [1.54, 1.807) is 11.3 Å². The van der Waals surface area contributed by atoms with Gasteiger partial charge < -0.3 is 0 Å².